The Morgan fingerprint density at radius 3 is 1.53 bits per heavy atom. The van der Waals surface area contributed by atoms with Crippen molar-refractivity contribution in [1.29, 1.82) is 0 Å². The molecule has 6 aromatic rings. The Kier molecular flexibility index (Phi) is 12.6. The van der Waals surface area contributed by atoms with Crippen molar-refractivity contribution < 1.29 is 16.8 Å². The number of nitrogen functional groups attached to an aromatic ring is 1. The lowest BCUT2D eigenvalue weighted by Gasteiger charge is -2.05. The zero-order chi connectivity index (χ0) is 33.5. The van der Waals surface area contributed by atoms with Crippen molar-refractivity contribution in [3.63, 3.8) is 0 Å². The highest BCUT2D eigenvalue weighted by molar-refractivity contribution is 8.13. The topological polar surface area (TPSA) is 168 Å². The summed E-state index contributed by atoms with van der Waals surface area (Å²) < 4.78 is 51.4. The number of pyridine rings is 2. The average Bonchev–Trinajstić information content (AvgIpc) is 3.66. The van der Waals surface area contributed by atoms with Crippen LogP contribution in [0.5, 0.6) is 0 Å². The van der Waals surface area contributed by atoms with Crippen molar-refractivity contribution in [3.05, 3.63) is 156 Å². The number of nitrogens with two attached hydrogens (primary N) is 1. The second-order valence-corrected chi connectivity index (χ2v) is 14.6. The summed E-state index contributed by atoms with van der Waals surface area (Å²) in [5.41, 5.74) is 9.14. The number of halogens is 1. The molecule has 0 bridgehead atoms. The Morgan fingerprint density at radius 1 is 0.596 bits per heavy atom. The summed E-state index contributed by atoms with van der Waals surface area (Å²) in [4.78, 5) is 7.90. The molecule has 0 unspecified atom stereocenters. The third-order valence-corrected chi connectivity index (χ3v) is 8.37. The Balaban J connectivity index is 0.000000176. The van der Waals surface area contributed by atoms with Crippen LogP contribution >= 0.6 is 10.7 Å². The zero-order valence-electron chi connectivity index (χ0n) is 25.1. The SMILES string of the molecule is Nc1ccn(Cc2ccncc2)n1.O=S(=O)(Cc1ccccc1)Nc1ccn(Cc2ccncc2)n1.O=S(=O)(Cl)Cc1ccccc1. The van der Waals surface area contributed by atoms with Gasteiger partial charge in [-0.3, -0.25) is 24.1 Å². The van der Waals surface area contributed by atoms with Gasteiger partial charge < -0.3 is 5.73 Å². The number of anilines is 2. The van der Waals surface area contributed by atoms with Crippen LogP contribution in [0.4, 0.5) is 11.6 Å². The molecule has 4 aromatic heterocycles. The van der Waals surface area contributed by atoms with Crippen molar-refractivity contribution in [2.75, 3.05) is 10.5 Å². The highest BCUT2D eigenvalue weighted by Crippen LogP contribution is 2.12. The minimum absolute atomic E-state index is 0.0783. The van der Waals surface area contributed by atoms with E-state index in [9.17, 15) is 16.8 Å². The molecular weight excluding hydrogens is 660 g/mol. The monoisotopic (exact) mass is 692 g/mol. The first-order valence-electron chi connectivity index (χ1n) is 14.1. The number of nitrogens with one attached hydrogen (secondary N) is 1. The fraction of sp³-hybridized carbons (Fsp3) is 0.125. The van der Waals surface area contributed by atoms with E-state index >= 15 is 0 Å². The first-order valence-corrected chi connectivity index (χ1v) is 18.3. The van der Waals surface area contributed by atoms with E-state index in [1.165, 1.54) is 0 Å². The van der Waals surface area contributed by atoms with Crippen LogP contribution in [-0.4, -0.2) is 46.4 Å². The van der Waals surface area contributed by atoms with Gasteiger partial charge in [0.1, 0.15) is 5.82 Å². The van der Waals surface area contributed by atoms with Crippen molar-refractivity contribution in [1.82, 2.24) is 29.5 Å². The van der Waals surface area contributed by atoms with Crippen LogP contribution in [0, 0.1) is 0 Å². The van der Waals surface area contributed by atoms with Crippen molar-refractivity contribution in [3.8, 4) is 0 Å². The standard InChI is InChI=1S/C16H16N4O2S.C9H10N4.C7H7ClO2S/c21-23(22,13-15-4-2-1-3-5-15)19-16-8-11-20(18-16)12-14-6-9-17-10-7-14;10-9-3-6-13(12-9)7-8-1-4-11-5-2-8;8-11(9,10)6-7-4-2-1-3-5-7/h1-11H,12-13H2,(H,18,19);1-6H,7H2,(H2,10,12);1-5H,6H2. The third kappa shape index (κ3) is 13.5. The number of hydrogen-bond donors (Lipinski definition) is 2. The summed E-state index contributed by atoms with van der Waals surface area (Å²) in [6, 6.07) is 29.0. The molecule has 0 fully saturated rings. The van der Waals surface area contributed by atoms with E-state index < -0.39 is 19.1 Å². The van der Waals surface area contributed by atoms with E-state index in [1.807, 2.05) is 54.7 Å². The molecule has 2 aromatic carbocycles. The molecule has 4 heterocycles. The first kappa shape index (κ1) is 34.8. The molecule has 0 saturated heterocycles. The van der Waals surface area contributed by atoms with Crippen LogP contribution in [-0.2, 0) is 43.7 Å². The number of nitrogens with zero attached hydrogens (tertiary/aromatic N) is 6. The molecule has 15 heteroatoms. The van der Waals surface area contributed by atoms with Crippen LogP contribution in [0.15, 0.2) is 134 Å². The highest BCUT2D eigenvalue weighted by Gasteiger charge is 2.13. The van der Waals surface area contributed by atoms with Gasteiger partial charge in [0.25, 0.3) is 0 Å². The van der Waals surface area contributed by atoms with Gasteiger partial charge in [0.15, 0.2) is 5.82 Å². The molecule has 0 atom stereocenters. The molecule has 0 aliphatic rings. The Labute approximate surface area is 278 Å². The molecule has 0 spiro atoms. The van der Waals surface area contributed by atoms with Gasteiger partial charge in [0.05, 0.1) is 24.6 Å². The van der Waals surface area contributed by atoms with Gasteiger partial charge in [-0.2, -0.15) is 10.2 Å². The second kappa shape index (κ2) is 17.0. The largest absolute Gasteiger partial charge is 0.382 e. The third-order valence-electron chi connectivity index (χ3n) is 6.13. The maximum atomic E-state index is 12.2. The van der Waals surface area contributed by atoms with Gasteiger partial charge in [0, 0.05) is 53.9 Å². The number of benzene rings is 2. The summed E-state index contributed by atoms with van der Waals surface area (Å²) in [5, 5.41) is 8.32. The summed E-state index contributed by atoms with van der Waals surface area (Å²) in [6.07, 6.45) is 10.5. The Morgan fingerprint density at radius 2 is 1.06 bits per heavy atom. The van der Waals surface area contributed by atoms with E-state index in [0.717, 1.165) is 23.2 Å². The minimum Gasteiger partial charge on any atom is -0.382 e. The number of aromatic nitrogens is 6. The molecular formula is C32H33ClN8O4S2. The normalized spacial score (nSPS) is 11.0. The predicted octanol–water partition coefficient (Wildman–Crippen LogP) is 4.93. The molecule has 0 radical (unpaired) electrons. The van der Waals surface area contributed by atoms with Crippen molar-refractivity contribution >= 4 is 41.4 Å². The number of hydrogen-bond acceptors (Lipinski definition) is 9. The number of rotatable bonds is 10. The Hall–Kier alpha value is -5.05. The summed E-state index contributed by atoms with van der Waals surface area (Å²) in [7, 11) is -1.85. The minimum atomic E-state index is -3.48. The lowest BCUT2D eigenvalue weighted by atomic mass is 10.2. The summed E-state index contributed by atoms with van der Waals surface area (Å²) >= 11 is 0. The van der Waals surface area contributed by atoms with Gasteiger partial charge >= 0.3 is 0 Å². The molecule has 3 N–H and O–H groups in total. The first-order chi connectivity index (χ1) is 22.5. The zero-order valence-corrected chi connectivity index (χ0v) is 27.5. The van der Waals surface area contributed by atoms with Gasteiger partial charge in [0.2, 0.25) is 19.1 Å². The van der Waals surface area contributed by atoms with Gasteiger partial charge in [-0.1, -0.05) is 60.7 Å². The van der Waals surface area contributed by atoms with Crippen molar-refractivity contribution in [2.24, 2.45) is 0 Å². The van der Waals surface area contributed by atoms with Gasteiger partial charge in [-0.05, 0) is 52.6 Å². The lowest BCUT2D eigenvalue weighted by Crippen LogP contribution is -2.15. The molecule has 6 rings (SSSR count). The average molecular weight is 693 g/mol. The molecule has 12 nitrogen and oxygen atoms in total. The van der Waals surface area contributed by atoms with E-state index in [2.05, 4.69) is 24.9 Å². The van der Waals surface area contributed by atoms with Crippen LogP contribution in [0.1, 0.15) is 22.3 Å². The maximum absolute atomic E-state index is 12.2. The van der Waals surface area contributed by atoms with Gasteiger partial charge in [-0.25, -0.2) is 16.8 Å². The van der Waals surface area contributed by atoms with Crippen LogP contribution < -0.4 is 10.5 Å². The molecule has 0 aliphatic heterocycles. The maximum Gasteiger partial charge on any atom is 0.238 e. The van der Waals surface area contributed by atoms with Crippen LogP contribution in [0.3, 0.4) is 0 Å². The summed E-state index contributed by atoms with van der Waals surface area (Å²) in [5.74, 6) is 0.685. The lowest BCUT2D eigenvalue weighted by molar-refractivity contribution is 0.599. The highest BCUT2D eigenvalue weighted by atomic mass is 35.7. The quantitative estimate of drug-likeness (QED) is 0.189. The smallest absolute Gasteiger partial charge is 0.238 e. The van der Waals surface area contributed by atoms with Crippen molar-refractivity contribution in [2.45, 2.75) is 24.6 Å². The fourth-order valence-corrected chi connectivity index (χ4v) is 6.18. The molecule has 0 saturated carbocycles. The predicted molar refractivity (Wildman–Crippen MR) is 183 cm³/mol. The van der Waals surface area contributed by atoms with Crippen LogP contribution in [0.2, 0.25) is 0 Å². The number of sulfonamides is 1. The molecule has 47 heavy (non-hydrogen) atoms. The fourth-order valence-electron chi connectivity index (χ4n) is 4.08. The second-order valence-electron chi connectivity index (χ2n) is 10.1. The summed E-state index contributed by atoms with van der Waals surface area (Å²) in [6.45, 7) is 1.29. The van der Waals surface area contributed by atoms with E-state index in [-0.39, 0.29) is 11.5 Å². The van der Waals surface area contributed by atoms with E-state index in [1.54, 1.807) is 88.9 Å². The van der Waals surface area contributed by atoms with Crippen LogP contribution in [0.25, 0.3) is 0 Å². The Bertz CT molecular complexity index is 2010. The molecule has 0 aliphatic carbocycles. The van der Waals surface area contributed by atoms with Gasteiger partial charge in [-0.15, -0.1) is 0 Å². The van der Waals surface area contributed by atoms with E-state index in [0.29, 0.717) is 23.7 Å². The molecule has 0 amide bonds. The molecule has 244 valence electrons. The van der Waals surface area contributed by atoms with E-state index in [4.69, 9.17) is 16.4 Å².